The molecule has 2 rings (SSSR count). The van der Waals surface area contributed by atoms with Crippen LogP contribution in [0.15, 0.2) is 36.5 Å². The number of benzene rings is 1. The predicted octanol–water partition coefficient (Wildman–Crippen LogP) is 3.61. The molecule has 0 fully saturated rings. The van der Waals surface area contributed by atoms with Crippen LogP contribution in [0.3, 0.4) is 0 Å². The van der Waals surface area contributed by atoms with Crippen LogP contribution in [0.25, 0.3) is 0 Å². The van der Waals surface area contributed by atoms with Gasteiger partial charge in [0.05, 0.1) is 5.69 Å². The molecule has 0 radical (unpaired) electrons. The van der Waals surface area contributed by atoms with Gasteiger partial charge in [0.25, 0.3) is 0 Å². The summed E-state index contributed by atoms with van der Waals surface area (Å²) < 4.78 is 0. The molecule has 1 N–H and O–H groups in total. The summed E-state index contributed by atoms with van der Waals surface area (Å²) in [6, 6.07) is 9.74. The van der Waals surface area contributed by atoms with E-state index in [2.05, 4.69) is 36.1 Å². The highest BCUT2D eigenvalue weighted by Crippen LogP contribution is 2.12. The van der Waals surface area contributed by atoms with Gasteiger partial charge in [-0.15, -0.1) is 0 Å². The number of rotatable bonds is 4. The van der Waals surface area contributed by atoms with Crippen molar-refractivity contribution >= 4 is 11.6 Å². The monoisotopic (exact) mass is 289 g/mol. The Morgan fingerprint density at radius 2 is 1.80 bits per heavy atom. The number of nitrogens with one attached hydrogen (secondary N) is 1. The molecule has 0 aliphatic heterocycles. The molecule has 4 heteroatoms. The molecule has 0 saturated heterocycles. The van der Waals surface area contributed by atoms with Crippen LogP contribution in [0.2, 0.25) is 5.02 Å². The Hall–Kier alpha value is -1.45. The molecule has 1 aromatic heterocycles. The zero-order valence-corrected chi connectivity index (χ0v) is 12.9. The van der Waals surface area contributed by atoms with E-state index >= 15 is 0 Å². The van der Waals surface area contributed by atoms with E-state index in [0.717, 1.165) is 35.1 Å². The smallest absolute Gasteiger partial charge is 0.132 e. The van der Waals surface area contributed by atoms with Crippen molar-refractivity contribution in [3.63, 3.8) is 0 Å². The number of halogens is 1. The first-order valence-corrected chi connectivity index (χ1v) is 7.10. The Bertz CT molecular complexity index is 559. The maximum atomic E-state index is 5.88. The van der Waals surface area contributed by atoms with Gasteiger partial charge >= 0.3 is 0 Å². The van der Waals surface area contributed by atoms with Gasteiger partial charge in [0.15, 0.2) is 0 Å². The highest BCUT2D eigenvalue weighted by Gasteiger charge is 2.09. The normalized spacial score (nSPS) is 11.6. The third-order valence-corrected chi connectivity index (χ3v) is 3.09. The quantitative estimate of drug-likeness (QED) is 0.934. The fraction of sp³-hybridized carbons (Fsp3) is 0.375. The molecular weight excluding hydrogens is 270 g/mol. The molecule has 0 aliphatic carbocycles. The summed E-state index contributed by atoms with van der Waals surface area (Å²) in [7, 11) is 0. The van der Waals surface area contributed by atoms with Gasteiger partial charge in [0.2, 0.25) is 0 Å². The van der Waals surface area contributed by atoms with E-state index in [1.807, 2.05) is 36.5 Å². The van der Waals surface area contributed by atoms with Crippen molar-refractivity contribution < 1.29 is 0 Å². The van der Waals surface area contributed by atoms with Crippen LogP contribution in [-0.4, -0.2) is 15.5 Å². The minimum atomic E-state index is 0.0846. The minimum Gasteiger partial charge on any atom is -0.306 e. The lowest BCUT2D eigenvalue weighted by atomic mass is 10.1. The lowest BCUT2D eigenvalue weighted by molar-refractivity contribution is 0.420. The average molecular weight is 290 g/mol. The van der Waals surface area contributed by atoms with Crippen molar-refractivity contribution in [3.8, 4) is 0 Å². The maximum absolute atomic E-state index is 5.88. The van der Waals surface area contributed by atoms with E-state index in [-0.39, 0.29) is 5.54 Å². The first kappa shape index (κ1) is 14.9. The number of aromatic nitrogens is 2. The summed E-state index contributed by atoms with van der Waals surface area (Å²) >= 11 is 5.88. The van der Waals surface area contributed by atoms with E-state index in [1.54, 1.807) is 0 Å². The summed E-state index contributed by atoms with van der Waals surface area (Å²) in [5.41, 5.74) is 2.26. The molecule has 2 aromatic rings. The molecule has 20 heavy (non-hydrogen) atoms. The highest BCUT2D eigenvalue weighted by molar-refractivity contribution is 6.30. The lowest BCUT2D eigenvalue weighted by Crippen LogP contribution is -2.35. The second-order valence-electron chi connectivity index (χ2n) is 5.87. The standard InChI is InChI=1S/C16H20ClN3/c1-16(2,3)19-11-14-8-9-18-15(20-14)10-12-4-6-13(17)7-5-12/h4-9,19H,10-11H2,1-3H3. The summed E-state index contributed by atoms with van der Waals surface area (Å²) in [5, 5.41) is 4.18. The maximum Gasteiger partial charge on any atom is 0.132 e. The van der Waals surface area contributed by atoms with Crippen molar-refractivity contribution in [1.29, 1.82) is 0 Å². The summed E-state index contributed by atoms with van der Waals surface area (Å²) in [6.07, 6.45) is 2.54. The third kappa shape index (κ3) is 4.91. The summed E-state index contributed by atoms with van der Waals surface area (Å²) in [4.78, 5) is 8.92. The molecule has 0 spiro atoms. The third-order valence-electron chi connectivity index (χ3n) is 2.84. The Labute approximate surface area is 125 Å². The van der Waals surface area contributed by atoms with Crippen LogP contribution < -0.4 is 5.32 Å². The Morgan fingerprint density at radius 3 is 2.45 bits per heavy atom. The van der Waals surface area contributed by atoms with Crippen LogP contribution in [0.1, 0.15) is 37.9 Å². The Balaban J connectivity index is 2.04. The van der Waals surface area contributed by atoms with Crippen LogP contribution in [0, 0.1) is 0 Å². The molecule has 1 heterocycles. The van der Waals surface area contributed by atoms with E-state index in [9.17, 15) is 0 Å². The van der Waals surface area contributed by atoms with Crippen LogP contribution >= 0.6 is 11.6 Å². The molecule has 0 aliphatic rings. The average Bonchev–Trinajstić information content (AvgIpc) is 2.39. The van der Waals surface area contributed by atoms with Gasteiger partial charge < -0.3 is 5.32 Å². The van der Waals surface area contributed by atoms with Crippen LogP contribution in [0.4, 0.5) is 0 Å². The largest absolute Gasteiger partial charge is 0.306 e. The summed E-state index contributed by atoms with van der Waals surface area (Å²) in [6.45, 7) is 7.17. The first-order chi connectivity index (χ1) is 9.42. The van der Waals surface area contributed by atoms with Crippen LogP contribution in [0.5, 0.6) is 0 Å². The predicted molar refractivity (Wildman–Crippen MR) is 82.9 cm³/mol. The van der Waals surface area contributed by atoms with Gasteiger partial charge in [-0.25, -0.2) is 9.97 Å². The molecule has 3 nitrogen and oxygen atoms in total. The number of hydrogen-bond acceptors (Lipinski definition) is 3. The highest BCUT2D eigenvalue weighted by atomic mass is 35.5. The van der Waals surface area contributed by atoms with Crippen LogP contribution in [-0.2, 0) is 13.0 Å². The topological polar surface area (TPSA) is 37.8 Å². The Kier molecular flexibility index (Phi) is 4.73. The SMILES string of the molecule is CC(C)(C)NCc1ccnc(Cc2ccc(Cl)cc2)n1. The number of hydrogen-bond donors (Lipinski definition) is 1. The van der Waals surface area contributed by atoms with Gasteiger partial charge in [-0.05, 0) is 44.5 Å². The molecular formula is C16H20ClN3. The molecule has 0 atom stereocenters. The van der Waals surface area contributed by atoms with Gasteiger partial charge in [-0.2, -0.15) is 0 Å². The van der Waals surface area contributed by atoms with Gasteiger partial charge in [-0.3, -0.25) is 0 Å². The van der Waals surface area contributed by atoms with E-state index in [0.29, 0.717) is 0 Å². The van der Waals surface area contributed by atoms with Gasteiger partial charge in [0, 0.05) is 29.7 Å². The lowest BCUT2D eigenvalue weighted by Gasteiger charge is -2.20. The van der Waals surface area contributed by atoms with Crippen molar-refractivity contribution in [2.24, 2.45) is 0 Å². The second-order valence-corrected chi connectivity index (χ2v) is 6.31. The van der Waals surface area contributed by atoms with E-state index in [1.165, 1.54) is 0 Å². The van der Waals surface area contributed by atoms with E-state index in [4.69, 9.17) is 11.6 Å². The molecule has 0 saturated carbocycles. The molecule has 1 aromatic carbocycles. The Morgan fingerprint density at radius 1 is 1.10 bits per heavy atom. The molecule has 0 amide bonds. The fourth-order valence-electron chi connectivity index (χ4n) is 1.77. The zero-order valence-electron chi connectivity index (χ0n) is 12.2. The van der Waals surface area contributed by atoms with Gasteiger partial charge in [-0.1, -0.05) is 23.7 Å². The fourth-order valence-corrected chi connectivity index (χ4v) is 1.89. The van der Waals surface area contributed by atoms with Crippen molar-refractivity contribution in [2.75, 3.05) is 0 Å². The summed E-state index contributed by atoms with van der Waals surface area (Å²) in [5.74, 6) is 0.834. The second kappa shape index (κ2) is 6.33. The number of nitrogens with zero attached hydrogens (tertiary/aromatic N) is 2. The molecule has 0 unspecified atom stereocenters. The van der Waals surface area contributed by atoms with E-state index < -0.39 is 0 Å². The van der Waals surface area contributed by atoms with Crippen molar-refractivity contribution in [3.05, 3.63) is 58.6 Å². The van der Waals surface area contributed by atoms with Crippen molar-refractivity contribution in [2.45, 2.75) is 39.3 Å². The molecule has 106 valence electrons. The van der Waals surface area contributed by atoms with Gasteiger partial charge in [0.1, 0.15) is 5.82 Å². The minimum absolute atomic E-state index is 0.0846. The zero-order chi connectivity index (χ0) is 14.6. The first-order valence-electron chi connectivity index (χ1n) is 6.73. The molecule has 0 bridgehead atoms. The van der Waals surface area contributed by atoms with Crippen molar-refractivity contribution in [1.82, 2.24) is 15.3 Å².